The number of alkyl halides is 3. The largest absolute Gasteiger partial charge is 0.458 e. The van der Waals surface area contributed by atoms with Crippen molar-refractivity contribution in [3.63, 3.8) is 0 Å². The Kier molecular flexibility index (Phi) is 11.1. The van der Waals surface area contributed by atoms with Crippen molar-refractivity contribution in [3.05, 3.63) is 0 Å². The minimum atomic E-state index is -4.88. The van der Waals surface area contributed by atoms with E-state index >= 15 is 0 Å². The average molecular weight is 470 g/mol. The van der Waals surface area contributed by atoms with Gasteiger partial charge in [0.05, 0.1) is 12.5 Å². The summed E-state index contributed by atoms with van der Waals surface area (Å²) in [6.07, 6.45) is -6.00. The number of carbonyl (C=O) groups excluding carboxylic acids is 4. The van der Waals surface area contributed by atoms with Gasteiger partial charge in [-0.25, -0.2) is 10.3 Å². The predicted molar refractivity (Wildman–Crippen MR) is 107 cm³/mol. The Morgan fingerprint density at radius 3 is 1.84 bits per heavy atom. The van der Waals surface area contributed by atoms with Gasteiger partial charge in [0.2, 0.25) is 11.8 Å². The molecule has 0 aromatic heterocycles. The zero-order chi connectivity index (χ0) is 25.4. The molecule has 5 N–H and O–H groups in total. The molecule has 1 unspecified atom stereocenters. The maximum absolute atomic E-state index is 13.2. The molecule has 0 heterocycles. The van der Waals surface area contributed by atoms with Gasteiger partial charge >= 0.3 is 12.1 Å². The molecule has 3 amide bonds. The fourth-order valence-electron chi connectivity index (χ4n) is 2.44. The monoisotopic (exact) mass is 470 g/mol. The van der Waals surface area contributed by atoms with Crippen molar-refractivity contribution in [2.24, 2.45) is 5.92 Å². The number of amides is 3. The van der Waals surface area contributed by atoms with Crippen LogP contribution in [0.3, 0.4) is 0 Å². The maximum Gasteiger partial charge on any atom is 0.404 e. The van der Waals surface area contributed by atoms with Crippen LogP contribution in [0, 0.1) is 5.92 Å². The summed E-state index contributed by atoms with van der Waals surface area (Å²) >= 11 is 0. The van der Waals surface area contributed by atoms with E-state index in [2.05, 4.69) is 10.6 Å². The van der Waals surface area contributed by atoms with Crippen LogP contribution in [-0.2, 0) is 23.9 Å². The molecule has 13 heteroatoms. The first-order valence-electron chi connectivity index (χ1n) is 9.98. The fraction of sp³-hybridized carbons (Fsp3) is 0.789. The Labute approximate surface area is 185 Å². The van der Waals surface area contributed by atoms with E-state index in [-0.39, 0.29) is 5.92 Å². The molecule has 0 fully saturated rings. The summed E-state index contributed by atoms with van der Waals surface area (Å²) in [4.78, 5) is 48.1. The van der Waals surface area contributed by atoms with E-state index in [0.717, 1.165) is 6.92 Å². The molecule has 32 heavy (non-hydrogen) atoms. The van der Waals surface area contributed by atoms with E-state index in [1.165, 1.54) is 12.4 Å². The van der Waals surface area contributed by atoms with Gasteiger partial charge in [-0.3, -0.25) is 24.9 Å². The Morgan fingerprint density at radius 1 is 0.906 bits per heavy atom. The first-order valence-corrected chi connectivity index (χ1v) is 9.98. The molecule has 0 saturated carbocycles. The van der Waals surface area contributed by atoms with Gasteiger partial charge in [0.15, 0.2) is 0 Å². The molecule has 0 aliphatic carbocycles. The molecule has 0 aliphatic rings. The summed E-state index contributed by atoms with van der Waals surface area (Å²) in [6, 6.07) is -6.13. The first kappa shape index (κ1) is 29.6. The van der Waals surface area contributed by atoms with E-state index in [1.54, 1.807) is 34.6 Å². The molecule has 0 aromatic rings. The highest BCUT2D eigenvalue weighted by Crippen LogP contribution is 2.23. The van der Waals surface area contributed by atoms with E-state index in [4.69, 9.17) is 9.94 Å². The van der Waals surface area contributed by atoms with Crippen LogP contribution in [-0.4, -0.2) is 64.8 Å². The van der Waals surface area contributed by atoms with Gasteiger partial charge in [-0.1, -0.05) is 13.8 Å². The van der Waals surface area contributed by atoms with Gasteiger partial charge in [0.25, 0.3) is 5.91 Å². The maximum atomic E-state index is 13.2. The van der Waals surface area contributed by atoms with Crippen LogP contribution in [0.25, 0.3) is 0 Å². The topological polar surface area (TPSA) is 146 Å². The quantitative estimate of drug-likeness (QED) is 0.180. The fourth-order valence-corrected chi connectivity index (χ4v) is 2.44. The van der Waals surface area contributed by atoms with Crippen LogP contribution in [0.1, 0.15) is 54.9 Å². The summed E-state index contributed by atoms with van der Waals surface area (Å²) in [5.74, 6) is -4.05. The summed E-state index contributed by atoms with van der Waals surface area (Å²) in [5, 5.41) is 15.0. The molecule has 0 spiro atoms. The van der Waals surface area contributed by atoms with Gasteiger partial charge in [0.1, 0.15) is 23.7 Å². The van der Waals surface area contributed by atoms with E-state index < -0.39 is 66.1 Å². The minimum Gasteiger partial charge on any atom is -0.458 e. The minimum absolute atomic E-state index is 0.352. The molecule has 0 aliphatic heterocycles. The van der Waals surface area contributed by atoms with Crippen LogP contribution >= 0.6 is 0 Å². The smallest absolute Gasteiger partial charge is 0.404 e. The average Bonchev–Trinajstić information content (AvgIpc) is 2.61. The van der Waals surface area contributed by atoms with E-state index in [9.17, 15) is 32.3 Å². The number of hydrogen-bond acceptors (Lipinski definition) is 7. The zero-order valence-corrected chi connectivity index (χ0v) is 19.2. The predicted octanol–water partition coefficient (Wildman–Crippen LogP) is 0.778. The lowest BCUT2D eigenvalue weighted by Gasteiger charge is -2.28. The second kappa shape index (κ2) is 12.0. The van der Waals surface area contributed by atoms with Crippen molar-refractivity contribution >= 4 is 23.7 Å². The van der Waals surface area contributed by atoms with Gasteiger partial charge < -0.3 is 15.4 Å². The molecule has 0 rings (SSSR count). The van der Waals surface area contributed by atoms with Crippen LogP contribution in [0.15, 0.2) is 0 Å². The first-order chi connectivity index (χ1) is 14.4. The van der Waals surface area contributed by atoms with Crippen LogP contribution < -0.4 is 21.4 Å². The highest BCUT2D eigenvalue weighted by atomic mass is 19.4. The van der Waals surface area contributed by atoms with Gasteiger partial charge in [-0.2, -0.15) is 13.2 Å². The molecule has 0 radical (unpaired) electrons. The number of esters is 1. The van der Waals surface area contributed by atoms with E-state index in [1.807, 2.05) is 5.32 Å². The Bertz CT molecular complexity index is 679. The van der Waals surface area contributed by atoms with Crippen LogP contribution in [0.2, 0.25) is 0 Å². The molecule has 0 aromatic carbocycles. The SMILES string of the molecule is CC(C)[C@H](NC(=O)[C@@H](C)NC(=O)CC(N[C@@H](C)C(=O)NO)C(F)(F)F)C(=O)OC(C)(C)C. The van der Waals surface area contributed by atoms with Crippen molar-refractivity contribution in [2.75, 3.05) is 0 Å². The number of carbonyl (C=O) groups is 4. The molecular weight excluding hydrogens is 437 g/mol. The van der Waals surface area contributed by atoms with Crippen molar-refractivity contribution < 1.29 is 42.3 Å². The van der Waals surface area contributed by atoms with Crippen molar-refractivity contribution in [2.45, 2.75) is 90.8 Å². The number of halogens is 3. The highest BCUT2D eigenvalue weighted by Gasteiger charge is 2.42. The van der Waals surface area contributed by atoms with E-state index in [0.29, 0.717) is 0 Å². The molecule has 10 nitrogen and oxygen atoms in total. The van der Waals surface area contributed by atoms with Crippen molar-refractivity contribution in [1.82, 2.24) is 21.4 Å². The molecule has 186 valence electrons. The summed E-state index contributed by atoms with van der Waals surface area (Å²) in [7, 11) is 0. The third-order valence-corrected chi connectivity index (χ3v) is 4.14. The number of hydrogen-bond donors (Lipinski definition) is 5. The van der Waals surface area contributed by atoms with Crippen LogP contribution in [0.4, 0.5) is 13.2 Å². The highest BCUT2D eigenvalue weighted by molar-refractivity contribution is 5.90. The summed E-state index contributed by atoms with van der Waals surface area (Å²) in [5.41, 5.74) is 0.419. The third kappa shape index (κ3) is 10.8. The number of hydroxylamine groups is 1. The second-order valence-electron chi connectivity index (χ2n) is 8.72. The lowest BCUT2D eigenvalue weighted by atomic mass is 10.0. The zero-order valence-electron chi connectivity index (χ0n) is 19.2. The molecule has 0 saturated heterocycles. The number of nitrogens with one attached hydrogen (secondary N) is 4. The Hall–Kier alpha value is -2.41. The standard InChI is InChI=1S/C19H33F3N4O6/c1-9(2)14(17(30)32-18(5,6)7)25-15(28)10(3)24-13(27)8-12(19(20,21)22)23-11(4)16(29)26-31/h9-12,14,23,31H,8H2,1-7H3,(H,24,27)(H,25,28)(H,26,29)/t10-,11+,12?,14+/m1/s1. The van der Waals surface area contributed by atoms with Crippen molar-refractivity contribution in [3.8, 4) is 0 Å². The Morgan fingerprint density at radius 2 is 1.44 bits per heavy atom. The van der Waals surface area contributed by atoms with Gasteiger partial charge in [-0.15, -0.1) is 0 Å². The van der Waals surface area contributed by atoms with Crippen LogP contribution in [0.5, 0.6) is 0 Å². The van der Waals surface area contributed by atoms with Gasteiger partial charge in [-0.05, 0) is 40.5 Å². The molecule has 4 atom stereocenters. The lowest BCUT2D eigenvalue weighted by Crippen LogP contribution is -2.55. The molecule has 0 bridgehead atoms. The normalized spacial score (nSPS) is 15.9. The summed E-state index contributed by atoms with van der Waals surface area (Å²) in [6.45, 7) is 10.6. The summed E-state index contributed by atoms with van der Waals surface area (Å²) < 4.78 is 44.9. The molecular formula is C19H33F3N4O6. The number of rotatable bonds is 10. The second-order valence-corrected chi connectivity index (χ2v) is 8.72. The number of ether oxygens (including phenoxy) is 1. The third-order valence-electron chi connectivity index (χ3n) is 4.14. The van der Waals surface area contributed by atoms with Gasteiger partial charge in [0, 0.05) is 0 Å². The lowest BCUT2D eigenvalue weighted by molar-refractivity contribution is -0.165. The van der Waals surface area contributed by atoms with Crippen molar-refractivity contribution in [1.29, 1.82) is 0 Å². The Balaban J connectivity index is 5.10.